The molecule has 110 valence electrons. The molecule has 1 amide bonds. The fourth-order valence-corrected chi connectivity index (χ4v) is 1.62. The third-order valence-corrected chi connectivity index (χ3v) is 2.75. The van der Waals surface area contributed by atoms with Crippen LogP contribution in [-0.2, 0) is 9.59 Å². The number of tetrazole rings is 1. The van der Waals surface area contributed by atoms with E-state index in [0.717, 1.165) is 5.69 Å². The van der Waals surface area contributed by atoms with Crippen LogP contribution < -0.4 is 11.1 Å². The summed E-state index contributed by atoms with van der Waals surface area (Å²) in [5.74, 6) is -1.41. The summed E-state index contributed by atoms with van der Waals surface area (Å²) in [5.41, 5.74) is 6.92. The molecule has 9 heteroatoms. The van der Waals surface area contributed by atoms with Crippen molar-refractivity contribution >= 4 is 17.6 Å². The predicted molar refractivity (Wildman–Crippen MR) is 72.6 cm³/mol. The smallest absolute Gasteiger partial charge is 0.303 e. The maximum Gasteiger partial charge on any atom is 0.303 e. The van der Waals surface area contributed by atoms with Crippen LogP contribution in [0.5, 0.6) is 0 Å². The molecule has 0 aliphatic carbocycles. The first-order valence-corrected chi connectivity index (χ1v) is 6.18. The molecule has 21 heavy (non-hydrogen) atoms. The number of aliphatic carboxylic acids is 1. The van der Waals surface area contributed by atoms with Crippen LogP contribution in [0, 0.1) is 0 Å². The van der Waals surface area contributed by atoms with E-state index in [1.807, 2.05) is 0 Å². The van der Waals surface area contributed by atoms with Crippen molar-refractivity contribution in [3.05, 3.63) is 30.6 Å². The van der Waals surface area contributed by atoms with Crippen LogP contribution in [0.1, 0.15) is 12.8 Å². The summed E-state index contributed by atoms with van der Waals surface area (Å²) in [6, 6.07) is 5.96. The molecule has 0 saturated carbocycles. The van der Waals surface area contributed by atoms with Crippen molar-refractivity contribution in [3.63, 3.8) is 0 Å². The summed E-state index contributed by atoms with van der Waals surface area (Å²) in [6.07, 6.45) is 1.39. The predicted octanol–water partition coefficient (Wildman–Crippen LogP) is -0.207. The number of amides is 1. The summed E-state index contributed by atoms with van der Waals surface area (Å²) >= 11 is 0. The van der Waals surface area contributed by atoms with Crippen LogP contribution in [0.2, 0.25) is 0 Å². The van der Waals surface area contributed by atoms with Crippen LogP contribution in [0.3, 0.4) is 0 Å². The van der Waals surface area contributed by atoms with Crippen molar-refractivity contribution in [2.75, 3.05) is 5.32 Å². The number of nitrogens with one attached hydrogen (secondary N) is 1. The summed E-state index contributed by atoms with van der Waals surface area (Å²) in [4.78, 5) is 22.2. The van der Waals surface area contributed by atoms with E-state index in [2.05, 4.69) is 20.8 Å². The number of benzene rings is 1. The molecule has 1 unspecified atom stereocenters. The molecule has 0 spiro atoms. The van der Waals surface area contributed by atoms with Crippen LogP contribution >= 0.6 is 0 Å². The van der Waals surface area contributed by atoms with Gasteiger partial charge in [0.25, 0.3) is 0 Å². The van der Waals surface area contributed by atoms with Crippen molar-refractivity contribution < 1.29 is 14.7 Å². The average molecular weight is 290 g/mol. The highest BCUT2D eigenvalue weighted by molar-refractivity contribution is 5.94. The lowest BCUT2D eigenvalue weighted by molar-refractivity contribution is -0.137. The van der Waals surface area contributed by atoms with Crippen molar-refractivity contribution in [1.29, 1.82) is 0 Å². The lowest BCUT2D eigenvalue weighted by Gasteiger charge is -2.11. The maximum atomic E-state index is 11.8. The molecular weight excluding hydrogens is 276 g/mol. The largest absolute Gasteiger partial charge is 0.481 e. The lowest BCUT2D eigenvalue weighted by atomic mass is 10.1. The molecule has 0 radical (unpaired) electrons. The van der Waals surface area contributed by atoms with Crippen LogP contribution in [0.4, 0.5) is 5.69 Å². The Kier molecular flexibility index (Phi) is 4.57. The van der Waals surface area contributed by atoms with Gasteiger partial charge in [-0.3, -0.25) is 9.59 Å². The maximum absolute atomic E-state index is 11.8. The zero-order chi connectivity index (χ0) is 15.2. The number of aromatic nitrogens is 4. The molecule has 1 aromatic heterocycles. The molecule has 0 aliphatic heterocycles. The first kappa shape index (κ1) is 14.6. The highest BCUT2D eigenvalue weighted by Crippen LogP contribution is 2.12. The van der Waals surface area contributed by atoms with Gasteiger partial charge in [-0.25, -0.2) is 4.68 Å². The first-order chi connectivity index (χ1) is 10.1. The van der Waals surface area contributed by atoms with E-state index >= 15 is 0 Å². The molecule has 1 aromatic carbocycles. The van der Waals surface area contributed by atoms with E-state index in [1.165, 1.54) is 11.0 Å². The second kappa shape index (κ2) is 6.57. The molecule has 1 heterocycles. The number of hydrogen-bond donors (Lipinski definition) is 3. The fourth-order valence-electron chi connectivity index (χ4n) is 1.62. The minimum Gasteiger partial charge on any atom is -0.481 e. The topological polar surface area (TPSA) is 136 Å². The van der Waals surface area contributed by atoms with E-state index in [-0.39, 0.29) is 12.8 Å². The molecular formula is C12H14N6O3. The zero-order valence-electron chi connectivity index (χ0n) is 11.0. The Morgan fingerprint density at radius 1 is 1.33 bits per heavy atom. The Morgan fingerprint density at radius 3 is 2.62 bits per heavy atom. The van der Waals surface area contributed by atoms with Gasteiger partial charge in [0.1, 0.15) is 6.33 Å². The van der Waals surface area contributed by atoms with E-state index < -0.39 is 17.9 Å². The molecule has 0 fully saturated rings. The number of nitrogens with zero attached hydrogens (tertiary/aromatic N) is 4. The van der Waals surface area contributed by atoms with Gasteiger partial charge in [0.15, 0.2) is 0 Å². The lowest BCUT2D eigenvalue weighted by Crippen LogP contribution is -2.36. The summed E-state index contributed by atoms with van der Waals surface area (Å²) in [7, 11) is 0. The van der Waals surface area contributed by atoms with Gasteiger partial charge in [0, 0.05) is 12.1 Å². The Morgan fingerprint density at radius 2 is 2.05 bits per heavy atom. The van der Waals surface area contributed by atoms with Gasteiger partial charge in [0.05, 0.1) is 11.7 Å². The van der Waals surface area contributed by atoms with Gasteiger partial charge < -0.3 is 16.2 Å². The van der Waals surface area contributed by atoms with Crippen molar-refractivity contribution in [1.82, 2.24) is 20.2 Å². The van der Waals surface area contributed by atoms with E-state index in [1.54, 1.807) is 24.3 Å². The van der Waals surface area contributed by atoms with Gasteiger partial charge in [-0.1, -0.05) is 0 Å². The second-order valence-corrected chi connectivity index (χ2v) is 4.33. The molecule has 0 saturated heterocycles. The minimum atomic E-state index is -0.982. The van der Waals surface area contributed by atoms with Gasteiger partial charge in [0.2, 0.25) is 5.91 Å². The molecule has 0 bridgehead atoms. The molecule has 0 aliphatic rings. The molecule has 1 atom stereocenters. The SMILES string of the molecule is NC(CCC(=O)O)C(=O)Nc1ccc(-n2cnnn2)cc1. The number of carboxylic acids is 1. The number of nitrogens with two attached hydrogens (primary N) is 1. The Labute approximate surface area is 119 Å². The molecule has 4 N–H and O–H groups in total. The number of carboxylic acid groups (broad SMARTS) is 1. The van der Waals surface area contributed by atoms with Gasteiger partial charge in [-0.15, -0.1) is 5.10 Å². The number of carbonyl (C=O) groups excluding carboxylic acids is 1. The number of carbonyl (C=O) groups is 2. The van der Waals surface area contributed by atoms with Crippen LogP contribution in [0.25, 0.3) is 5.69 Å². The number of hydrogen-bond acceptors (Lipinski definition) is 6. The van der Waals surface area contributed by atoms with E-state index in [0.29, 0.717) is 5.69 Å². The third-order valence-electron chi connectivity index (χ3n) is 2.75. The standard InChI is InChI=1S/C12H14N6O3/c13-10(5-6-11(19)20)12(21)15-8-1-3-9(4-2-8)18-7-14-16-17-18/h1-4,7,10H,5-6,13H2,(H,15,21)(H,19,20). The number of anilines is 1. The second-order valence-electron chi connectivity index (χ2n) is 4.33. The highest BCUT2D eigenvalue weighted by Gasteiger charge is 2.15. The van der Waals surface area contributed by atoms with Crippen molar-refractivity contribution in [3.8, 4) is 5.69 Å². The van der Waals surface area contributed by atoms with E-state index in [9.17, 15) is 9.59 Å². The fraction of sp³-hybridized carbons (Fsp3) is 0.250. The summed E-state index contributed by atoms with van der Waals surface area (Å²) < 4.78 is 1.48. The minimum absolute atomic E-state index is 0.0872. The van der Waals surface area contributed by atoms with Gasteiger partial charge in [-0.05, 0) is 41.1 Å². The molecule has 2 rings (SSSR count). The van der Waals surface area contributed by atoms with Gasteiger partial charge >= 0.3 is 5.97 Å². The van der Waals surface area contributed by atoms with Crippen LogP contribution in [-0.4, -0.2) is 43.2 Å². The zero-order valence-corrected chi connectivity index (χ0v) is 11.0. The Bertz CT molecular complexity index is 610. The molecule has 9 nitrogen and oxygen atoms in total. The highest BCUT2D eigenvalue weighted by atomic mass is 16.4. The number of rotatable bonds is 6. The van der Waals surface area contributed by atoms with Gasteiger partial charge in [-0.2, -0.15) is 0 Å². The first-order valence-electron chi connectivity index (χ1n) is 6.18. The monoisotopic (exact) mass is 290 g/mol. The summed E-state index contributed by atoms with van der Waals surface area (Å²) in [6.45, 7) is 0. The van der Waals surface area contributed by atoms with Crippen molar-refractivity contribution in [2.24, 2.45) is 5.73 Å². The summed E-state index contributed by atoms with van der Waals surface area (Å²) in [5, 5.41) is 22.0. The normalized spacial score (nSPS) is 11.9. The van der Waals surface area contributed by atoms with Crippen molar-refractivity contribution in [2.45, 2.75) is 18.9 Å². The van der Waals surface area contributed by atoms with Crippen LogP contribution in [0.15, 0.2) is 30.6 Å². The van der Waals surface area contributed by atoms with E-state index in [4.69, 9.17) is 10.8 Å². The molecule has 2 aromatic rings. The quantitative estimate of drug-likeness (QED) is 0.669. The average Bonchev–Trinajstić information content (AvgIpc) is 2.99. The Hall–Kier alpha value is -2.81. The third kappa shape index (κ3) is 4.08. The Balaban J connectivity index is 1.94.